The Bertz CT molecular complexity index is 900. The second-order valence-corrected chi connectivity index (χ2v) is 5.78. The van der Waals surface area contributed by atoms with Crippen molar-refractivity contribution in [1.29, 1.82) is 0 Å². The zero-order chi connectivity index (χ0) is 18.7. The van der Waals surface area contributed by atoms with Crippen LogP contribution in [0, 0.1) is 0 Å². The molecule has 0 aliphatic rings. The second-order valence-electron chi connectivity index (χ2n) is 5.78. The van der Waals surface area contributed by atoms with E-state index in [1.54, 1.807) is 36.5 Å². The van der Waals surface area contributed by atoms with Crippen LogP contribution in [0.1, 0.15) is 11.4 Å². The summed E-state index contributed by atoms with van der Waals surface area (Å²) in [6.45, 7) is 0.499. The Balaban J connectivity index is 1.99. The molecule has 0 bridgehead atoms. The lowest BCUT2D eigenvalue weighted by Gasteiger charge is -2.21. The fraction of sp³-hybridized carbons (Fsp3) is 0.278. The third kappa shape index (κ3) is 3.84. The molecule has 0 unspecified atom stereocenters. The van der Waals surface area contributed by atoms with Gasteiger partial charge in [-0.05, 0) is 36.2 Å². The predicted octanol–water partition coefficient (Wildman–Crippen LogP) is 3.73. The Labute approximate surface area is 148 Å². The van der Waals surface area contributed by atoms with Gasteiger partial charge in [-0.2, -0.15) is 13.2 Å². The first-order chi connectivity index (χ1) is 12.4. The maximum atomic E-state index is 13.2. The van der Waals surface area contributed by atoms with Crippen LogP contribution in [0.2, 0.25) is 0 Å². The zero-order valence-corrected chi connectivity index (χ0v) is 14.3. The number of aromatic nitrogens is 3. The number of halogens is 3. The van der Waals surface area contributed by atoms with Crippen molar-refractivity contribution >= 4 is 16.7 Å². The van der Waals surface area contributed by atoms with Crippen LogP contribution in [0.25, 0.3) is 10.9 Å². The highest BCUT2D eigenvalue weighted by Gasteiger charge is 2.36. The lowest BCUT2D eigenvalue weighted by atomic mass is 10.1. The van der Waals surface area contributed by atoms with Crippen molar-refractivity contribution in [2.75, 3.05) is 25.6 Å². The second kappa shape index (κ2) is 7.15. The van der Waals surface area contributed by atoms with Gasteiger partial charge in [0.25, 0.3) is 0 Å². The molecular formula is C18H17F3N4O. The first-order valence-corrected chi connectivity index (χ1v) is 7.91. The standard InChI is InChI=1S/C18H17F3N4O/c1-25(10-7-12-5-8-22-9-6-12)16-14-4-3-13(26-2)11-15(14)23-17(24-16)18(19,20)21/h3-6,8-9,11H,7,10H2,1-2H3. The van der Waals surface area contributed by atoms with Crippen LogP contribution in [0.15, 0.2) is 42.7 Å². The molecule has 2 aromatic heterocycles. The summed E-state index contributed by atoms with van der Waals surface area (Å²) >= 11 is 0. The lowest BCUT2D eigenvalue weighted by Crippen LogP contribution is -2.24. The first kappa shape index (κ1) is 17.9. The molecule has 0 N–H and O–H groups in total. The molecule has 0 radical (unpaired) electrons. The van der Waals surface area contributed by atoms with Crippen molar-refractivity contribution in [2.45, 2.75) is 12.6 Å². The van der Waals surface area contributed by atoms with E-state index in [9.17, 15) is 13.2 Å². The van der Waals surface area contributed by atoms with Gasteiger partial charge in [0.15, 0.2) is 0 Å². The third-order valence-electron chi connectivity index (χ3n) is 3.98. The fourth-order valence-corrected chi connectivity index (χ4v) is 2.59. The van der Waals surface area contributed by atoms with Gasteiger partial charge in [-0.1, -0.05) is 0 Å². The molecular weight excluding hydrogens is 345 g/mol. The van der Waals surface area contributed by atoms with Crippen LogP contribution in [0.3, 0.4) is 0 Å². The van der Waals surface area contributed by atoms with E-state index in [1.807, 2.05) is 12.1 Å². The van der Waals surface area contributed by atoms with Crippen molar-refractivity contribution in [3.63, 3.8) is 0 Å². The molecule has 0 saturated carbocycles. The van der Waals surface area contributed by atoms with Gasteiger partial charge in [0, 0.05) is 37.4 Å². The number of anilines is 1. The molecule has 3 rings (SSSR count). The Hall–Kier alpha value is -2.90. The average molecular weight is 362 g/mol. The topological polar surface area (TPSA) is 51.1 Å². The summed E-state index contributed by atoms with van der Waals surface area (Å²) < 4.78 is 44.7. The van der Waals surface area contributed by atoms with E-state index < -0.39 is 12.0 Å². The molecule has 0 atom stereocenters. The van der Waals surface area contributed by atoms with Gasteiger partial charge in [0.1, 0.15) is 11.6 Å². The molecule has 1 aromatic carbocycles. The number of hydrogen-bond acceptors (Lipinski definition) is 5. The largest absolute Gasteiger partial charge is 0.497 e. The Morgan fingerprint density at radius 1 is 1.08 bits per heavy atom. The monoisotopic (exact) mass is 362 g/mol. The van der Waals surface area contributed by atoms with Crippen LogP contribution >= 0.6 is 0 Å². The van der Waals surface area contributed by atoms with Gasteiger partial charge in [-0.3, -0.25) is 4.98 Å². The number of methoxy groups -OCH3 is 1. The maximum absolute atomic E-state index is 13.2. The SMILES string of the molecule is COc1ccc2c(N(C)CCc3ccncc3)nc(C(F)(F)F)nc2c1. The molecule has 0 saturated heterocycles. The van der Waals surface area contributed by atoms with Crippen molar-refractivity contribution in [3.05, 3.63) is 54.1 Å². The first-order valence-electron chi connectivity index (χ1n) is 7.91. The minimum atomic E-state index is -4.63. The highest BCUT2D eigenvalue weighted by molar-refractivity contribution is 5.90. The molecule has 5 nitrogen and oxygen atoms in total. The number of alkyl halides is 3. The van der Waals surface area contributed by atoms with Gasteiger partial charge in [-0.15, -0.1) is 0 Å². The zero-order valence-electron chi connectivity index (χ0n) is 14.3. The highest BCUT2D eigenvalue weighted by atomic mass is 19.4. The number of hydrogen-bond donors (Lipinski definition) is 0. The quantitative estimate of drug-likeness (QED) is 0.692. The maximum Gasteiger partial charge on any atom is 0.451 e. The minimum absolute atomic E-state index is 0.192. The molecule has 0 fully saturated rings. The fourth-order valence-electron chi connectivity index (χ4n) is 2.59. The van der Waals surface area contributed by atoms with Gasteiger partial charge < -0.3 is 9.64 Å². The van der Waals surface area contributed by atoms with E-state index in [0.717, 1.165) is 5.56 Å². The van der Waals surface area contributed by atoms with Crippen LogP contribution < -0.4 is 9.64 Å². The summed E-state index contributed by atoms with van der Waals surface area (Å²) in [5, 5.41) is 0.538. The number of ether oxygens (including phenoxy) is 1. The summed E-state index contributed by atoms with van der Waals surface area (Å²) in [6.07, 6.45) is -0.604. The molecule has 2 heterocycles. The van der Waals surface area contributed by atoms with Crippen molar-refractivity contribution in [1.82, 2.24) is 15.0 Å². The smallest absolute Gasteiger partial charge is 0.451 e. The molecule has 0 amide bonds. The van der Waals surface area contributed by atoms with E-state index in [4.69, 9.17) is 4.74 Å². The number of rotatable bonds is 5. The van der Waals surface area contributed by atoms with Gasteiger partial charge in [0.05, 0.1) is 12.6 Å². The predicted molar refractivity (Wildman–Crippen MR) is 92.3 cm³/mol. The Morgan fingerprint density at radius 3 is 2.46 bits per heavy atom. The third-order valence-corrected chi connectivity index (χ3v) is 3.98. The summed E-state index contributed by atoms with van der Waals surface area (Å²) in [6, 6.07) is 8.58. The Morgan fingerprint density at radius 2 is 1.81 bits per heavy atom. The van der Waals surface area contributed by atoms with Crippen LogP contribution in [0.4, 0.5) is 19.0 Å². The van der Waals surface area contributed by atoms with E-state index in [0.29, 0.717) is 24.1 Å². The lowest BCUT2D eigenvalue weighted by molar-refractivity contribution is -0.144. The van der Waals surface area contributed by atoms with Crippen molar-refractivity contribution < 1.29 is 17.9 Å². The van der Waals surface area contributed by atoms with E-state index in [-0.39, 0.29) is 11.3 Å². The molecule has 0 spiro atoms. The highest BCUT2D eigenvalue weighted by Crippen LogP contribution is 2.32. The van der Waals surface area contributed by atoms with Crippen molar-refractivity contribution in [2.24, 2.45) is 0 Å². The van der Waals surface area contributed by atoms with Crippen LogP contribution in [0.5, 0.6) is 5.75 Å². The number of fused-ring (bicyclic) bond motifs is 1. The van der Waals surface area contributed by atoms with Crippen LogP contribution in [-0.2, 0) is 12.6 Å². The average Bonchev–Trinajstić information content (AvgIpc) is 2.64. The molecule has 0 aliphatic heterocycles. The number of benzene rings is 1. The Kier molecular flexibility index (Phi) is 4.92. The van der Waals surface area contributed by atoms with E-state index >= 15 is 0 Å². The summed E-state index contributed by atoms with van der Waals surface area (Å²) in [4.78, 5) is 13.1. The number of pyridine rings is 1. The number of likely N-dealkylation sites (N-methyl/N-ethyl adjacent to an activating group) is 1. The van der Waals surface area contributed by atoms with Crippen LogP contribution in [-0.4, -0.2) is 35.7 Å². The van der Waals surface area contributed by atoms with E-state index in [1.165, 1.54) is 13.2 Å². The number of nitrogens with zero attached hydrogens (tertiary/aromatic N) is 4. The minimum Gasteiger partial charge on any atom is -0.497 e. The van der Waals surface area contributed by atoms with E-state index in [2.05, 4.69) is 15.0 Å². The normalized spacial score (nSPS) is 11.6. The molecule has 136 valence electrons. The summed E-state index contributed by atoms with van der Waals surface area (Å²) in [5.41, 5.74) is 1.24. The van der Waals surface area contributed by atoms with Gasteiger partial charge in [-0.25, -0.2) is 9.97 Å². The van der Waals surface area contributed by atoms with Crippen molar-refractivity contribution in [3.8, 4) is 5.75 Å². The molecule has 3 aromatic rings. The summed E-state index contributed by atoms with van der Waals surface area (Å²) in [7, 11) is 3.17. The van der Waals surface area contributed by atoms with Gasteiger partial charge in [0.2, 0.25) is 5.82 Å². The van der Waals surface area contributed by atoms with Gasteiger partial charge >= 0.3 is 6.18 Å². The molecule has 26 heavy (non-hydrogen) atoms. The molecule has 8 heteroatoms. The summed E-state index contributed by atoms with van der Waals surface area (Å²) in [5.74, 6) is -0.488. The molecule has 0 aliphatic carbocycles.